The van der Waals surface area contributed by atoms with E-state index < -0.39 is 11.6 Å². The zero-order chi connectivity index (χ0) is 39.4. The average molecular weight is 792 g/mol. The lowest BCUT2D eigenvalue weighted by Gasteiger charge is -2.23. The smallest absolute Gasteiger partial charge is 0.348 e. The van der Waals surface area contributed by atoms with Crippen LogP contribution >= 0.6 is 23.2 Å². The summed E-state index contributed by atoms with van der Waals surface area (Å²) in [5, 5.41) is 28.6. The standard InChI is InChI=1S/C40H48Cl2N8O5/c1-6-29(37-43-32-22-27(7-10-34(32)47(37)5)48(15-12-41)16-13-42)39(53)46(4)17-19-55-20-18-49-14-11-26-21-28(8-9-33(26)49)50-38(44-45-40(50)54)31-23-30(25(2)3)35(51)24-36(31)52/h7-11,14,21-25,29,51-52H,6,12-13,15-20H2,1-5H3,(H,45,54). The van der Waals surface area contributed by atoms with Crippen LogP contribution in [0, 0.1) is 0 Å². The summed E-state index contributed by atoms with van der Waals surface area (Å²) in [5.41, 5.74) is 4.82. The van der Waals surface area contributed by atoms with Crippen LogP contribution < -0.4 is 10.6 Å². The molecule has 3 heterocycles. The van der Waals surface area contributed by atoms with Gasteiger partial charge in [0.25, 0.3) is 0 Å². The highest BCUT2D eigenvalue weighted by Gasteiger charge is 2.27. The zero-order valence-electron chi connectivity index (χ0n) is 31.8. The number of phenolic OH excluding ortho intramolecular Hbond substituents is 2. The largest absolute Gasteiger partial charge is 0.508 e. The minimum Gasteiger partial charge on any atom is -0.508 e. The van der Waals surface area contributed by atoms with Crippen LogP contribution in [-0.2, 0) is 23.1 Å². The molecule has 0 radical (unpaired) electrons. The molecule has 1 amide bonds. The summed E-state index contributed by atoms with van der Waals surface area (Å²) in [6.45, 7) is 9.06. The first-order valence-electron chi connectivity index (χ1n) is 18.5. The lowest BCUT2D eigenvalue weighted by atomic mass is 9.98. The number of nitrogens with zero attached hydrogens (tertiary/aromatic N) is 7. The van der Waals surface area contributed by atoms with Gasteiger partial charge in [-0.2, -0.15) is 5.10 Å². The van der Waals surface area contributed by atoms with Crippen LogP contribution in [0.4, 0.5) is 5.69 Å². The molecule has 3 aromatic heterocycles. The van der Waals surface area contributed by atoms with Crippen molar-refractivity contribution in [3.63, 3.8) is 0 Å². The molecule has 0 aliphatic heterocycles. The maximum Gasteiger partial charge on any atom is 0.348 e. The molecule has 0 saturated carbocycles. The summed E-state index contributed by atoms with van der Waals surface area (Å²) >= 11 is 12.1. The molecule has 13 nitrogen and oxygen atoms in total. The summed E-state index contributed by atoms with van der Waals surface area (Å²) in [6.07, 6.45) is 2.57. The molecule has 6 rings (SSSR count). The number of aromatic amines is 1. The Morgan fingerprint density at radius 2 is 1.71 bits per heavy atom. The Morgan fingerprint density at radius 3 is 2.42 bits per heavy atom. The Bertz CT molecular complexity index is 2340. The van der Waals surface area contributed by atoms with E-state index in [1.165, 1.54) is 10.6 Å². The molecule has 55 heavy (non-hydrogen) atoms. The summed E-state index contributed by atoms with van der Waals surface area (Å²) < 4.78 is 11.5. The van der Waals surface area contributed by atoms with Gasteiger partial charge in [-0.15, -0.1) is 23.2 Å². The number of ether oxygens (including phenoxy) is 1. The van der Waals surface area contributed by atoms with Crippen molar-refractivity contribution < 1.29 is 19.7 Å². The number of imidazole rings is 1. The third-order valence-electron chi connectivity index (χ3n) is 10.1. The highest BCUT2D eigenvalue weighted by Crippen LogP contribution is 2.37. The molecular formula is C40H48Cl2N8O5. The molecule has 3 aromatic carbocycles. The Labute approximate surface area is 329 Å². The number of alkyl halides is 2. The van der Waals surface area contributed by atoms with Crippen molar-refractivity contribution in [3.8, 4) is 28.6 Å². The van der Waals surface area contributed by atoms with Crippen molar-refractivity contribution in [3.05, 3.63) is 82.7 Å². The van der Waals surface area contributed by atoms with E-state index >= 15 is 0 Å². The van der Waals surface area contributed by atoms with Gasteiger partial charge >= 0.3 is 5.69 Å². The summed E-state index contributed by atoms with van der Waals surface area (Å²) in [4.78, 5) is 35.4. The predicted molar refractivity (Wildman–Crippen MR) is 218 cm³/mol. The number of phenols is 2. The number of likely N-dealkylation sites (N-methyl/N-ethyl adjacent to an activating group) is 1. The SMILES string of the molecule is CCC(C(=O)N(C)CCOCCn1ccc2cc(-n3c(-c4cc(C(C)C)c(O)cc4O)n[nH]c3=O)ccc21)c1nc2cc(N(CCCl)CCCl)ccc2n1C. The minimum absolute atomic E-state index is 0.00972. The first kappa shape index (κ1) is 39.7. The van der Waals surface area contributed by atoms with Crippen LogP contribution in [0.2, 0.25) is 0 Å². The predicted octanol–water partition coefficient (Wildman–Crippen LogP) is 6.56. The van der Waals surface area contributed by atoms with Gasteiger partial charge in [-0.1, -0.05) is 20.8 Å². The fourth-order valence-corrected chi connectivity index (χ4v) is 7.48. The van der Waals surface area contributed by atoms with Gasteiger partial charge in [-0.25, -0.2) is 19.4 Å². The zero-order valence-corrected chi connectivity index (χ0v) is 33.3. The van der Waals surface area contributed by atoms with Gasteiger partial charge in [0.05, 0.1) is 41.4 Å². The molecule has 0 saturated heterocycles. The lowest BCUT2D eigenvalue weighted by molar-refractivity contribution is -0.132. The number of nitrogens with one attached hydrogen (secondary N) is 1. The van der Waals surface area contributed by atoms with Crippen molar-refractivity contribution >= 4 is 56.7 Å². The third kappa shape index (κ3) is 8.19. The number of benzene rings is 3. The van der Waals surface area contributed by atoms with Crippen LogP contribution in [-0.4, -0.2) is 102 Å². The topological polar surface area (TPSA) is 147 Å². The Hall–Kier alpha value is -4.98. The number of anilines is 1. The van der Waals surface area contributed by atoms with Gasteiger partial charge in [0.1, 0.15) is 17.3 Å². The monoisotopic (exact) mass is 790 g/mol. The number of aryl methyl sites for hydroxylation is 1. The molecule has 292 valence electrons. The second-order valence-corrected chi connectivity index (χ2v) is 14.7. The lowest BCUT2D eigenvalue weighted by Crippen LogP contribution is -2.35. The number of H-pyrrole nitrogens is 1. The third-order valence-corrected chi connectivity index (χ3v) is 10.4. The molecule has 0 bridgehead atoms. The summed E-state index contributed by atoms with van der Waals surface area (Å²) in [6, 6.07) is 16.7. The highest BCUT2D eigenvalue weighted by molar-refractivity contribution is 6.18. The van der Waals surface area contributed by atoms with E-state index in [1.54, 1.807) is 18.0 Å². The van der Waals surface area contributed by atoms with Gasteiger partial charge in [0.2, 0.25) is 5.91 Å². The van der Waals surface area contributed by atoms with Crippen molar-refractivity contribution in [2.45, 2.75) is 45.6 Å². The fourth-order valence-electron chi connectivity index (χ4n) is 7.07. The van der Waals surface area contributed by atoms with Gasteiger partial charge in [0, 0.05) is 80.9 Å². The van der Waals surface area contributed by atoms with Crippen LogP contribution in [0.5, 0.6) is 11.5 Å². The summed E-state index contributed by atoms with van der Waals surface area (Å²) in [7, 11) is 3.75. The molecule has 0 aliphatic carbocycles. The van der Waals surface area contributed by atoms with E-state index in [1.807, 2.05) is 81.0 Å². The van der Waals surface area contributed by atoms with E-state index in [-0.39, 0.29) is 29.1 Å². The van der Waals surface area contributed by atoms with E-state index in [0.717, 1.165) is 33.4 Å². The molecule has 1 atom stereocenters. The van der Waals surface area contributed by atoms with Crippen LogP contribution in [0.15, 0.2) is 65.6 Å². The highest BCUT2D eigenvalue weighted by atomic mass is 35.5. The van der Waals surface area contributed by atoms with Crippen LogP contribution in [0.1, 0.15) is 50.4 Å². The number of rotatable bonds is 17. The first-order chi connectivity index (χ1) is 26.5. The number of halogens is 2. The fraction of sp³-hybridized carbons (Fsp3) is 0.400. The number of aromatic nitrogens is 6. The van der Waals surface area contributed by atoms with Gasteiger partial charge < -0.3 is 33.9 Å². The number of carbonyl (C=O) groups excluding carboxylic acids is 1. The maximum absolute atomic E-state index is 13.7. The second kappa shape index (κ2) is 17.2. The second-order valence-electron chi connectivity index (χ2n) is 13.9. The summed E-state index contributed by atoms with van der Waals surface area (Å²) in [5.74, 6) is 1.33. The molecular weight excluding hydrogens is 743 g/mol. The molecule has 3 N–H and O–H groups in total. The van der Waals surface area contributed by atoms with Gasteiger partial charge in [-0.05, 0) is 66.4 Å². The Balaban J connectivity index is 1.07. The number of amides is 1. The number of aromatic hydroxyl groups is 2. The van der Waals surface area contributed by atoms with Crippen LogP contribution in [0.25, 0.3) is 39.0 Å². The van der Waals surface area contributed by atoms with Crippen LogP contribution in [0.3, 0.4) is 0 Å². The normalized spacial score (nSPS) is 12.3. The van der Waals surface area contributed by atoms with Gasteiger partial charge in [0.15, 0.2) is 5.82 Å². The average Bonchev–Trinajstić information content (AvgIpc) is 3.85. The van der Waals surface area contributed by atoms with Crippen molar-refractivity contribution in [1.82, 2.24) is 33.8 Å². The Kier molecular flexibility index (Phi) is 12.4. The van der Waals surface area contributed by atoms with Crippen molar-refractivity contribution in [2.75, 3.05) is 56.6 Å². The maximum atomic E-state index is 13.7. The molecule has 6 aromatic rings. The molecule has 1 unspecified atom stereocenters. The number of carbonyl (C=O) groups is 1. The van der Waals surface area contributed by atoms with Gasteiger partial charge in [-0.3, -0.25) is 4.79 Å². The van der Waals surface area contributed by atoms with E-state index in [4.69, 9.17) is 32.9 Å². The molecule has 0 spiro atoms. The van der Waals surface area contributed by atoms with Crippen molar-refractivity contribution in [1.29, 1.82) is 0 Å². The minimum atomic E-state index is -0.454. The van der Waals surface area contributed by atoms with Crippen molar-refractivity contribution in [2.24, 2.45) is 7.05 Å². The Morgan fingerprint density at radius 1 is 0.964 bits per heavy atom. The molecule has 0 fully saturated rings. The van der Waals surface area contributed by atoms with E-state index in [0.29, 0.717) is 74.4 Å². The first-order valence-corrected chi connectivity index (χ1v) is 19.5. The number of hydrogen-bond acceptors (Lipinski definition) is 8. The van der Waals surface area contributed by atoms with E-state index in [9.17, 15) is 19.8 Å². The quantitative estimate of drug-likeness (QED) is 0.0696. The van der Waals surface area contributed by atoms with E-state index in [2.05, 4.69) is 19.7 Å². The number of fused-ring (bicyclic) bond motifs is 2. The molecule has 15 heteroatoms. The molecule has 0 aliphatic rings. The number of hydrogen-bond donors (Lipinski definition) is 3.